The molecule has 4 nitrogen and oxygen atoms in total. The Morgan fingerprint density at radius 1 is 1.33 bits per heavy atom. The predicted molar refractivity (Wildman–Crippen MR) is 60.3 cm³/mol. The van der Waals surface area contributed by atoms with Crippen molar-refractivity contribution in [3.05, 3.63) is 0 Å². The van der Waals surface area contributed by atoms with E-state index in [0.29, 0.717) is 19.0 Å². The summed E-state index contributed by atoms with van der Waals surface area (Å²) >= 11 is 0. The predicted octanol–water partition coefficient (Wildman–Crippen LogP) is 1.96. The van der Waals surface area contributed by atoms with Gasteiger partial charge in [0, 0.05) is 19.6 Å². The molecule has 7 heteroatoms. The van der Waals surface area contributed by atoms with Crippen LogP contribution in [0.4, 0.5) is 18.0 Å². The lowest BCUT2D eigenvalue weighted by Gasteiger charge is -2.32. The molecule has 1 rings (SSSR count). The Morgan fingerprint density at radius 2 is 1.89 bits per heavy atom. The van der Waals surface area contributed by atoms with Crippen molar-refractivity contribution in [3.8, 4) is 0 Å². The van der Waals surface area contributed by atoms with Crippen LogP contribution in [-0.2, 0) is 4.74 Å². The third-order valence-corrected chi connectivity index (χ3v) is 2.86. The summed E-state index contributed by atoms with van der Waals surface area (Å²) in [5, 5.41) is 0. The number of hydrogen-bond donors (Lipinski definition) is 0. The van der Waals surface area contributed by atoms with Gasteiger partial charge in [0.15, 0.2) is 6.61 Å². The van der Waals surface area contributed by atoms with Crippen molar-refractivity contribution in [1.29, 1.82) is 0 Å². The van der Waals surface area contributed by atoms with Crippen molar-refractivity contribution in [2.24, 2.45) is 5.92 Å². The Kier molecular flexibility index (Phi) is 5.25. The molecule has 1 aliphatic rings. The number of carbonyl (C=O) groups excluding carboxylic acids is 1. The van der Waals surface area contributed by atoms with Crippen molar-refractivity contribution in [1.82, 2.24) is 9.80 Å². The van der Waals surface area contributed by atoms with Gasteiger partial charge < -0.3 is 14.5 Å². The van der Waals surface area contributed by atoms with Crippen molar-refractivity contribution >= 4 is 6.09 Å². The average Bonchev–Trinajstić information content (AvgIpc) is 2.25. The van der Waals surface area contributed by atoms with Gasteiger partial charge in [-0.2, -0.15) is 13.2 Å². The minimum absolute atomic E-state index is 0.467. The Hall–Kier alpha value is -0.980. The Bertz CT molecular complexity index is 274. The standard InChI is InChI=1S/C11H19F3N2O2/c1-15(2)7-9-3-5-16(6-4-9)10(17)18-8-11(12,13)14/h9H,3-8H2,1-2H3. The molecule has 0 radical (unpaired) electrons. The molecular weight excluding hydrogens is 249 g/mol. The molecule has 0 atom stereocenters. The third-order valence-electron chi connectivity index (χ3n) is 2.86. The molecular formula is C11H19F3N2O2. The molecule has 1 saturated heterocycles. The largest absolute Gasteiger partial charge is 0.440 e. The van der Waals surface area contributed by atoms with E-state index in [-0.39, 0.29) is 0 Å². The molecule has 18 heavy (non-hydrogen) atoms. The fraction of sp³-hybridized carbons (Fsp3) is 0.909. The number of likely N-dealkylation sites (tertiary alicyclic amines) is 1. The fourth-order valence-corrected chi connectivity index (χ4v) is 2.05. The Balaban J connectivity index is 2.27. The molecule has 1 fully saturated rings. The molecule has 0 aromatic heterocycles. The minimum Gasteiger partial charge on any atom is -0.440 e. The van der Waals surface area contributed by atoms with Gasteiger partial charge >= 0.3 is 12.3 Å². The van der Waals surface area contributed by atoms with Crippen LogP contribution in [0.3, 0.4) is 0 Å². The van der Waals surface area contributed by atoms with Gasteiger partial charge in [0.05, 0.1) is 0 Å². The van der Waals surface area contributed by atoms with Crippen molar-refractivity contribution in [3.63, 3.8) is 0 Å². The summed E-state index contributed by atoms with van der Waals surface area (Å²) in [7, 11) is 3.95. The highest BCUT2D eigenvalue weighted by molar-refractivity contribution is 5.67. The second-order valence-electron chi connectivity index (χ2n) is 4.86. The molecule has 1 aliphatic heterocycles. The monoisotopic (exact) mass is 268 g/mol. The smallest absolute Gasteiger partial charge is 0.422 e. The second kappa shape index (κ2) is 6.26. The van der Waals surface area contributed by atoms with E-state index in [1.807, 2.05) is 14.1 Å². The van der Waals surface area contributed by atoms with Gasteiger partial charge in [0.25, 0.3) is 0 Å². The van der Waals surface area contributed by atoms with Crippen LogP contribution in [0.2, 0.25) is 0 Å². The first-order valence-electron chi connectivity index (χ1n) is 5.91. The topological polar surface area (TPSA) is 32.8 Å². The highest BCUT2D eigenvalue weighted by atomic mass is 19.4. The molecule has 1 amide bonds. The highest BCUT2D eigenvalue weighted by Crippen LogP contribution is 2.20. The number of hydrogen-bond acceptors (Lipinski definition) is 3. The Labute approximate surface area is 105 Å². The van der Waals surface area contributed by atoms with Crippen LogP contribution in [0.5, 0.6) is 0 Å². The minimum atomic E-state index is -4.46. The van der Waals surface area contributed by atoms with E-state index in [2.05, 4.69) is 9.64 Å². The van der Waals surface area contributed by atoms with Crippen molar-refractivity contribution < 1.29 is 22.7 Å². The zero-order chi connectivity index (χ0) is 13.8. The highest BCUT2D eigenvalue weighted by Gasteiger charge is 2.31. The molecule has 0 spiro atoms. The van der Waals surface area contributed by atoms with Gasteiger partial charge in [-0.05, 0) is 32.9 Å². The maximum absolute atomic E-state index is 11.9. The normalized spacial score (nSPS) is 18.2. The number of alkyl halides is 3. The first-order valence-corrected chi connectivity index (χ1v) is 5.91. The number of piperidine rings is 1. The van der Waals surface area contributed by atoms with Crippen LogP contribution in [-0.4, -0.2) is 62.4 Å². The van der Waals surface area contributed by atoms with E-state index < -0.39 is 18.9 Å². The molecule has 0 aromatic carbocycles. The van der Waals surface area contributed by atoms with Gasteiger partial charge in [-0.15, -0.1) is 0 Å². The van der Waals surface area contributed by atoms with E-state index in [4.69, 9.17) is 0 Å². The summed E-state index contributed by atoms with van der Waals surface area (Å²) in [6.45, 7) is 0.360. The van der Waals surface area contributed by atoms with Crippen LogP contribution in [0, 0.1) is 5.92 Å². The lowest BCUT2D eigenvalue weighted by molar-refractivity contribution is -0.162. The number of halogens is 3. The first kappa shape index (κ1) is 15.1. The van der Waals surface area contributed by atoms with Crippen LogP contribution in [0.25, 0.3) is 0 Å². The van der Waals surface area contributed by atoms with Crippen LogP contribution >= 0.6 is 0 Å². The molecule has 0 N–H and O–H groups in total. The van der Waals surface area contributed by atoms with E-state index in [9.17, 15) is 18.0 Å². The summed E-state index contributed by atoms with van der Waals surface area (Å²) in [5.74, 6) is 0.492. The maximum Gasteiger partial charge on any atom is 0.422 e. The van der Waals surface area contributed by atoms with E-state index in [1.165, 1.54) is 4.90 Å². The first-order chi connectivity index (χ1) is 8.28. The Morgan fingerprint density at radius 3 is 2.33 bits per heavy atom. The quantitative estimate of drug-likeness (QED) is 0.784. The van der Waals surface area contributed by atoms with Gasteiger partial charge in [-0.3, -0.25) is 0 Å². The van der Waals surface area contributed by atoms with Gasteiger partial charge in [0.2, 0.25) is 0 Å². The van der Waals surface area contributed by atoms with Gasteiger partial charge in [-0.1, -0.05) is 0 Å². The lowest BCUT2D eigenvalue weighted by atomic mass is 9.97. The number of nitrogens with zero attached hydrogens (tertiary/aromatic N) is 2. The third kappa shape index (κ3) is 5.57. The van der Waals surface area contributed by atoms with E-state index >= 15 is 0 Å². The van der Waals surface area contributed by atoms with Crippen LogP contribution in [0.1, 0.15) is 12.8 Å². The summed E-state index contributed by atoms with van der Waals surface area (Å²) < 4.78 is 39.9. The van der Waals surface area contributed by atoms with Crippen molar-refractivity contribution in [2.45, 2.75) is 19.0 Å². The summed E-state index contributed by atoms with van der Waals surface area (Å²) in [5.41, 5.74) is 0. The number of carbonyl (C=O) groups is 1. The van der Waals surface area contributed by atoms with Gasteiger partial charge in [-0.25, -0.2) is 4.79 Å². The molecule has 0 unspecified atom stereocenters. The van der Waals surface area contributed by atoms with Crippen molar-refractivity contribution in [2.75, 3.05) is 40.3 Å². The molecule has 0 saturated carbocycles. The molecule has 0 aliphatic carbocycles. The fourth-order valence-electron chi connectivity index (χ4n) is 2.05. The van der Waals surface area contributed by atoms with Crippen LogP contribution in [0.15, 0.2) is 0 Å². The zero-order valence-corrected chi connectivity index (χ0v) is 10.7. The summed E-state index contributed by atoms with van der Waals surface area (Å²) in [4.78, 5) is 14.8. The number of amides is 1. The molecule has 106 valence electrons. The zero-order valence-electron chi connectivity index (χ0n) is 10.7. The second-order valence-corrected chi connectivity index (χ2v) is 4.86. The van der Waals surface area contributed by atoms with Crippen LogP contribution < -0.4 is 0 Å². The molecule has 1 heterocycles. The summed E-state index contributed by atoms with van der Waals surface area (Å²) in [6, 6.07) is 0. The number of rotatable bonds is 3. The number of ether oxygens (including phenoxy) is 1. The van der Waals surface area contributed by atoms with Gasteiger partial charge in [0.1, 0.15) is 0 Å². The SMILES string of the molecule is CN(C)CC1CCN(C(=O)OCC(F)(F)F)CC1. The summed E-state index contributed by atoms with van der Waals surface area (Å²) in [6.07, 6.45) is -3.71. The average molecular weight is 268 g/mol. The lowest BCUT2D eigenvalue weighted by Crippen LogP contribution is -2.41. The van der Waals surface area contributed by atoms with E-state index in [1.54, 1.807) is 0 Å². The molecule has 0 bridgehead atoms. The van der Waals surface area contributed by atoms with E-state index in [0.717, 1.165) is 19.4 Å². The maximum atomic E-state index is 11.9. The molecule has 0 aromatic rings.